The Morgan fingerprint density at radius 3 is 1.29 bits per heavy atom. The van der Waals surface area contributed by atoms with E-state index in [1.54, 1.807) is 21.5 Å². The molecule has 0 aliphatic heterocycles. The Labute approximate surface area is 342 Å². The van der Waals surface area contributed by atoms with Crippen molar-refractivity contribution >= 4 is 61.5 Å². The Morgan fingerprint density at radius 1 is 0.481 bits per heavy atom. The van der Waals surface area contributed by atoms with Gasteiger partial charge in [0.2, 0.25) is 0 Å². The Kier molecular flexibility index (Phi) is 12.9. The van der Waals surface area contributed by atoms with Crippen molar-refractivity contribution in [3.05, 3.63) is 145 Å². The maximum Gasteiger partial charge on any atom is 4.00 e. The Balaban J connectivity index is 0.00000174. The number of fused-ring (bicyclic) bond motifs is 4. The van der Waals surface area contributed by atoms with Crippen molar-refractivity contribution in [2.24, 2.45) is 0 Å². The maximum atomic E-state index is 2.66. The van der Waals surface area contributed by atoms with E-state index < -0.39 is 8.07 Å². The van der Waals surface area contributed by atoms with Crippen LogP contribution in [0, 0.1) is 0 Å². The molecule has 0 radical (unpaired) electrons. The monoisotopic (exact) mass is 810 g/mol. The van der Waals surface area contributed by atoms with E-state index >= 15 is 0 Å². The van der Waals surface area contributed by atoms with Crippen molar-refractivity contribution in [2.75, 3.05) is 0 Å². The number of halogens is 2. The van der Waals surface area contributed by atoms with Gasteiger partial charge in [0.15, 0.2) is 0 Å². The number of benzene rings is 6. The molecule has 0 aromatic heterocycles. The van der Waals surface area contributed by atoms with Crippen molar-refractivity contribution in [1.82, 2.24) is 0 Å². The second-order valence-corrected chi connectivity index (χ2v) is 18.8. The van der Waals surface area contributed by atoms with E-state index in [1.165, 1.54) is 91.0 Å². The van der Waals surface area contributed by atoms with Crippen molar-refractivity contribution in [1.29, 1.82) is 0 Å². The van der Waals surface area contributed by atoms with Crippen LogP contribution in [0.5, 0.6) is 0 Å². The normalized spacial score (nSPS) is 11.5. The van der Waals surface area contributed by atoms with Crippen molar-refractivity contribution in [2.45, 2.75) is 65.5 Å². The minimum atomic E-state index is -2.30. The van der Waals surface area contributed by atoms with Crippen LogP contribution in [0.2, 0.25) is 13.1 Å². The molecule has 0 bridgehead atoms. The molecule has 0 nitrogen and oxygen atoms in total. The number of aryl methyl sites for hydroxylation is 2. The van der Waals surface area contributed by atoms with Crippen LogP contribution in [-0.2, 0) is 39.0 Å². The summed E-state index contributed by atoms with van der Waals surface area (Å²) in [6.07, 6.45) is 7.10. The fraction of sp³-hybridized carbons (Fsp3) is 0.208. The largest absolute Gasteiger partial charge is 4.00 e. The molecule has 0 aliphatic rings. The number of hydrogen-bond acceptors (Lipinski definition) is 0. The molecule has 4 heteroatoms. The molecule has 52 heavy (non-hydrogen) atoms. The van der Waals surface area contributed by atoms with Crippen LogP contribution >= 0.6 is 0 Å². The summed E-state index contributed by atoms with van der Waals surface area (Å²) in [5.41, 5.74) is 8.53. The molecule has 0 saturated heterocycles. The zero-order valence-electron chi connectivity index (χ0n) is 30.7. The zero-order chi connectivity index (χ0) is 33.5. The summed E-state index contributed by atoms with van der Waals surface area (Å²) in [6.45, 7) is 9.98. The Bertz CT molecular complexity index is 2290. The van der Waals surface area contributed by atoms with E-state index in [0.717, 1.165) is 12.8 Å². The summed E-state index contributed by atoms with van der Waals surface area (Å²) in [6, 6.07) is 50.8. The number of hydrogen-bond donors (Lipinski definition) is 0. The van der Waals surface area contributed by atoms with E-state index in [9.17, 15) is 0 Å². The summed E-state index contributed by atoms with van der Waals surface area (Å²) in [4.78, 5) is 0. The quantitative estimate of drug-likeness (QED) is 0.108. The van der Waals surface area contributed by atoms with Crippen LogP contribution in [0.3, 0.4) is 0 Å². The SMILES string of the molecule is CCCCc1[cH-]c2cccc(-c3ccc4ccccc4c3)c2c1[Si](C)(C)c1c(CCCC)[cH-]c2cccc(-c3ccc4ccccc4c3)c12.[Cl-].[Cl-].[Zr+4]. The van der Waals surface area contributed by atoms with Gasteiger partial charge in [0.25, 0.3) is 0 Å². The summed E-state index contributed by atoms with van der Waals surface area (Å²) in [5, 5.41) is 14.3. The first-order chi connectivity index (χ1) is 24.0. The van der Waals surface area contributed by atoms with Gasteiger partial charge < -0.3 is 24.8 Å². The average molecular weight is 813 g/mol. The van der Waals surface area contributed by atoms with E-state index in [-0.39, 0.29) is 51.0 Å². The predicted octanol–water partition coefficient (Wildman–Crippen LogP) is 6.58. The number of unbranched alkanes of at least 4 members (excludes halogenated alkanes) is 2. The molecule has 0 heterocycles. The second-order valence-electron chi connectivity index (χ2n) is 14.6. The molecular formula is C48H46Cl2SiZr. The molecule has 8 aromatic carbocycles. The first kappa shape index (κ1) is 39.9. The van der Waals surface area contributed by atoms with Crippen molar-refractivity contribution < 1.29 is 51.0 Å². The second kappa shape index (κ2) is 16.8. The fourth-order valence-corrected chi connectivity index (χ4v) is 12.7. The summed E-state index contributed by atoms with van der Waals surface area (Å²) < 4.78 is 0. The summed E-state index contributed by atoms with van der Waals surface area (Å²) in [5.74, 6) is 0. The molecule has 0 unspecified atom stereocenters. The van der Waals surface area contributed by atoms with E-state index in [1.807, 2.05) is 0 Å². The molecule has 8 aromatic rings. The molecule has 8 rings (SSSR count). The van der Waals surface area contributed by atoms with Gasteiger partial charge in [-0.05, 0) is 57.6 Å². The van der Waals surface area contributed by atoms with Gasteiger partial charge in [-0.25, -0.2) is 0 Å². The van der Waals surface area contributed by atoms with Crippen LogP contribution in [-0.4, -0.2) is 8.07 Å². The van der Waals surface area contributed by atoms with Crippen LogP contribution in [0.1, 0.15) is 50.7 Å². The fourth-order valence-electron chi connectivity index (χ4n) is 8.66. The molecule has 0 saturated carbocycles. The molecule has 0 atom stereocenters. The van der Waals surface area contributed by atoms with E-state index in [0.29, 0.717) is 0 Å². The molecule has 0 N–H and O–H groups in total. The first-order valence-electron chi connectivity index (χ1n) is 18.4. The minimum Gasteiger partial charge on any atom is -1.00 e. The Morgan fingerprint density at radius 2 is 0.885 bits per heavy atom. The third kappa shape index (κ3) is 7.18. The topological polar surface area (TPSA) is 0 Å². The van der Waals surface area contributed by atoms with Gasteiger partial charge in [-0.2, -0.15) is 10.4 Å². The van der Waals surface area contributed by atoms with Crippen LogP contribution in [0.25, 0.3) is 65.3 Å². The molecule has 0 aliphatic carbocycles. The van der Waals surface area contributed by atoms with Gasteiger partial charge in [-0.3, -0.25) is 0 Å². The van der Waals surface area contributed by atoms with Crippen LogP contribution < -0.4 is 35.2 Å². The standard InChI is InChI=1S/C48H46Si.2ClH.Zr/c1-5-7-15-41-31-39-21-13-23-43(37-27-25-33-17-9-11-19-35(33)29-37)45(39)47(41)49(3,4)48-42(16-8-6-2)32-40-22-14-24-44(46(40)48)38-28-26-34-18-10-12-20-36(34)30-38;;;/h9-14,17-32H,5-8,15-16H2,1-4H3;2*1H;/q-2;;;+4/p-2. The van der Waals surface area contributed by atoms with Gasteiger partial charge in [0.05, 0.1) is 0 Å². The van der Waals surface area contributed by atoms with Crippen molar-refractivity contribution in [3.8, 4) is 22.3 Å². The van der Waals surface area contributed by atoms with Gasteiger partial charge in [0, 0.05) is 8.07 Å². The van der Waals surface area contributed by atoms with E-state index in [2.05, 4.69) is 160 Å². The van der Waals surface area contributed by atoms with Gasteiger partial charge >= 0.3 is 26.2 Å². The van der Waals surface area contributed by atoms with Crippen LogP contribution in [0.15, 0.2) is 133 Å². The molecule has 0 fully saturated rings. The average Bonchev–Trinajstić information content (AvgIpc) is 3.72. The summed E-state index contributed by atoms with van der Waals surface area (Å²) in [7, 11) is -2.30. The summed E-state index contributed by atoms with van der Waals surface area (Å²) >= 11 is 0. The van der Waals surface area contributed by atoms with E-state index in [4.69, 9.17) is 0 Å². The van der Waals surface area contributed by atoms with Gasteiger partial charge in [0.1, 0.15) is 0 Å². The first-order valence-corrected chi connectivity index (χ1v) is 21.4. The third-order valence-corrected chi connectivity index (χ3v) is 14.6. The zero-order valence-corrected chi connectivity index (χ0v) is 35.7. The van der Waals surface area contributed by atoms with Crippen molar-refractivity contribution in [3.63, 3.8) is 0 Å². The van der Waals surface area contributed by atoms with Gasteiger partial charge in [-0.1, -0.05) is 149 Å². The minimum absolute atomic E-state index is 0. The van der Waals surface area contributed by atoms with Crippen LogP contribution in [0.4, 0.5) is 0 Å². The molecule has 0 spiro atoms. The molecular weight excluding hydrogens is 767 g/mol. The molecule has 0 amide bonds. The van der Waals surface area contributed by atoms with Gasteiger partial charge in [-0.15, -0.1) is 69.1 Å². The maximum absolute atomic E-state index is 2.66. The smallest absolute Gasteiger partial charge is 1.00 e. The molecule has 260 valence electrons. The number of rotatable bonds is 10. The third-order valence-electron chi connectivity index (χ3n) is 11.0. The Hall–Kier alpha value is -3.26. The predicted molar refractivity (Wildman–Crippen MR) is 219 cm³/mol.